The number of sulfone groups is 1. The quantitative estimate of drug-likeness (QED) is 0.475. The number of nitrogens with zero attached hydrogens (tertiary/aromatic N) is 1. The van der Waals surface area contributed by atoms with E-state index in [1.54, 1.807) is 49.4 Å². The van der Waals surface area contributed by atoms with Crippen LogP contribution in [0.15, 0.2) is 73.1 Å². The van der Waals surface area contributed by atoms with Crippen molar-refractivity contribution in [2.24, 2.45) is 0 Å². The lowest BCUT2D eigenvalue weighted by atomic mass is 9.77. The molecule has 3 rings (SSSR count). The van der Waals surface area contributed by atoms with Gasteiger partial charge < -0.3 is 5.11 Å². The average molecular weight is 478 g/mol. The molecule has 0 bridgehead atoms. The zero-order valence-corrected chi connectivity index (χ0v) is 19.2. The Hall–Kier alpha value is -2.41. The molecule has 0 aliphatic heterocycles. The topological polar surface area (TPSA) is 84.3 Å². The molecule has 8 heteroatoms. The van der Waals surface area contributed by atoms with E-state index in [4.69, 9.17) is 23.2 Å². The summed E-state index contributed by atoms with van der Waals surface area (Å²) in [5.41, 5.74) is -0.927. The number of carboxylic acids is 1. The number of halogens is 2. The Morgan fingerprint density at radius 2 is 1.68 bits per heavy atom. The van der Waals surface area contributed by atoms with Crippen molar-refractivity contribution >= 4 is 39.0 Å². The number of carboxylic acid groups (broad SMARTS) is 1. The van der Waals surface area contributed by atoms with Gasteiger partial charge in [0.2, 0.25) is 0 Å². The van der Waals surface area contributed by atoms with E-state index in [2.05, 4.69) is 4.98 Å². The molecule has 0 aliphatic carbocycles. The van der Waals surface area contributed by atoms with Crippen molar-refractivity contribution in [3.63, 3.8) is 0 Å². The molecule has 1 heterocycles. The molecule has 0 spiro atoms. The van der Waals surface area contributed by atoms with E-state index in [9.17, 15) is 18.3 Å². The zero-order valence-electron chi connectivity index (χ0n) is 16.9. The molecule has 0 radical (unpaired) electrons. The lowest BCUT2D eigenvalue weighted by Crippen LogP contribution is -2.44. The number of benzene rings is 2. The van der Waals surface area contributed by atoms with Crippen molar-refractivity contribution in [1.29, 1.82) is 0 Å². The van der Waals surface area contributed by atoms with E-state index >= 15 is 0 Å². The molecule has 3 aromatic rings. The number of hydrogen-bond acceptors (Lipinski definition) is 4. The zero-order chi connectivity index (χ0) is 22.8. The van der Waals surface area contributed by atoms with Crippen LogP contribution in [0, 0.1) is 0 Å². The van der Waals surface area contributed by atoms with Gasteiger partial charge in [-0.2, -0.15) is 0 Å². The number of rotatable bonds is 7. The van der Waals surface area contributed by atoms with Crippen LogP contribution >= 0.6 is 23.2 Å². The van der Waals surface area contributed by atoms with Crippen molar-refractivity contribution < 1.29 is 18.3 Å². The Balaban J connectivity index is 2.31. The van der Waals surface area contributed by atoms with Gasteiger partial charge in [-0.3, -0.25) is 9.78 Å². The first-order valence-corrected chi connectivity index (χ1v) is 11.8. The lowest BCUT2D eigenvalue weighted by molar-refractivity contribution is -0.143. The largest absolute Gasteiger partial charge is 0.481 e. The van der Waals surface area contributed by atoms with Crippen LogP contribution in [0.25, 0.3) is 0 Å². The van der Waals surface area contributed by atoms with Crippen molar-refractivity contribution in [2.45, 2.75) is 29.8 Å². The van der Waals surface area contributed by atoms with E-state index < -0.39 is 31.7 Å². The second kappa shape index (κ2) is 8.99. The molecule has 1 aromatic heterocycles. The fraction of sp³-hybridized carbons (Fsp3) is 0.217. The van der Waals surface area contributed by atoms with Crippen molar-refractivity contribution in [2.75, 3.05) is 0 Å². The van der Waals surface area contributed by atoms with Gasteiger partial charge in [0.15, 0.2) is 9.84 Å². The molecular formula is C23H21Cl2NO4S. The van der Waals surface area contributed by atoms with E-state index in [1.165, 1.54) is 37.5 Å². The molecule has 0 saturated carbocycles. The highest BCUT2D eigenvalue weighted by Gasteiger charge is 2.53. The predicted molar refractivity (Wildman–Crippen MR) is 122 cm³/mol. The van der Waals surface area contributed by atoms with Gasteiger partial charge in [-0.15, -0.1) is 0 Å². The summed E-state index contributed by atoms with van der Waals surface area (Å²) in [6.07, 6.45) is 2.88. The van der Waals surface area contributed by atoms with Gasteiger partial charge in [0, 0.05) is 22.4 Å². The van der Waals surface area contributed by atoms with Gasteiger partial charge in [-0.05, 0) is 48.7 Å². The minimum atomic E-state index is -4.10. The third-order valence-corrected chi connectivity index (χ3v) is 8.74. The minimum Gasteiger partial charge on any atom is -0.481 e. The molecule has 3 unspecified atom stereocenters. The first-order chi connectivity index (χ1) is 14.6. The Kier molecular flexibility index (Phi) is 6.74. The summed E-state index contributed by atoms with van der Waals surface area (Å²) in [6.45, 7) is 2.93. The third kappa shape index (κ3) is 4.33. The van der Waals surface area contributed by atoms with Gasteiger partial charge >= 0.3 is 5.97 Å². The first-order valence-electron chi connectivity index (χ1n) is 9.46. The van der Waals surface area contributed by atoms with Crippen LogP contribution in [-0.4, -0.2) is 24.5 Å². The normalized spacial score (nSPS) is 15.6. The molecule has 0 aliphatic rings. The summed E-state index contributed by atoms with van der Waals surface area (Å²) in [6, 6.07) is 16.2. The summed E-state index contributed by atoms with van der Waals surface area (Å²) in [7, 11) is -4.10. The third-order valence-electron chi connectivity index (χ3n) is 5.54. The molecule has 0 amide bonds. The fourth-order valence-corrected chi connectivity index (χ4v) is 6.73. The van der Waals surface area contributed by atoms with E-state index in [1.807, 2.05) is 0 Å². The Bertz CT molecular complexity index is 1190. The van der Waals surface area contributed by atoms with Gasteiger partial charge in [0.1, 0.15) is 10.7 Å². The molecule has 0 fully saturated rings. The van der Waals surface area contributed by atoms with Crippen molar-refractivity contribution in [3.8, 4) is 0 Å². The summed E-state index contributed by atoms with van der Waals surface area (Å²) < 4.78 is 27.9. The van der Waals surface area contributed by atoms with Crippen molar-refractivity contribution in [1.82, 2.24) is 4.98 Å². The van der Waals surface area contributed by atoms with Crippen LogP contribution in [0.3, 0.4) is 0 Å². The summed E-state index contributed by atoms with van der Waals surface area (Å²) >= 11 is 12.4. The number of carbonyl (C=O) groups is 1. The smallest absolute Gasteiger partial charge is 0.315 e. The number of pyridine rings is 1. The van der Waals surface area contributed by atoms with Gasteiger partial charge in [0.25, 0.3) is 0 Å². The predicted octanol–water partition coefficient (Wildman–Crippen LogP) is 5.65. The first kappa shape index (κ1) is 23.3. The Morgan fingerprint density at radius 1 is 1.03 bits per heavy atom. The highest BCUT2D eigenvalue weighted by atomic mass is 35.5. The Morgan fingerprint density at radius 3 is 2.23 bits per heavy atom. The van der Waals surface area contributed by atoms with E-state index in [0.717, 1.165) is 0 Å². The molecular weight excluding hydrogens is 457 g/mol. The number of hydrogen-bond donors (Lipinski definition) is 1. The Labute approximate surface area is 191 Å². The summed E-state index contributed by atoms with van der Waals surface area (Å²) in [4.78, 5) is 16.7. The maximum atomic E-state index is 14.0. The number of aliphatic carboxylic acids is 1. The summed E-state index contributed by atoms with van der Waals surface area (Å²) in [5.74, 6) is -1.32. The molecule has 162 valence electrons. The molecule has 0 saturated heterocycles. The highest BCUT2D eigenvalue weighted by molar-refractivity contribution is 7.92. The van der Waals surface area contributed by atoms with Crippen molar-refractivity contribution in [3.05, 3.63) is 99.8 Å². The van der Waals surface area contributed by atoms with Gasteiger partial charge in [0.05, 0.1) is 5.25 Å². The SMILES string of the molecule is CC(c1ccccc1)S(=O)(=O)C(c1cccnc1)C(C)(C(=O)O)c1ccc(Cl)cc1Cl. The number of aromatic nitrogens is 1. The highest BCUT2D eigenvalue weighted by Crippen LogP contribution is 2.49. The van der Waals surface area contributed by atoms with Crippen LogP contribution in [-0.2, 0) is 20.0 Å². The summed E-state index contributed by atoms with van der Waals surface area (Å²) in [5, 5.41) is 8.32. The fourth-order valence-electron chi connectivity index (χ4n) is 3.78. The van der Waals surface area contributed by atoms with E-state index in [-0.39, 0.29) is 16.1 Å². The van der Waals surface area contributed by atoms with Crippen LogP contribution in [0.1, 0.15) is 41.0 Å². The van der Waals surface area contributed by atoms with Crippen LogP contribution < -0.4 is 0 Å². The van der Waals surface area contributed by atoms with E-state index in [0.29, 0.717) is 10.6 Å². The van der Waals surface area contributed by atoms with Crippen LogP contribution in [0.4, 0.5) is 0 Å². The average Bonchev–Trinajstić information content (AvgIpc) is 2.74. The maximum absolute atomic E-state index is 14.0. The van der Waals surface area contributed by atoms with Crippen LogP contribution in [0.5, 0.6) is 0 Å². The molecule has 31 heavy (non-hydrogen) atoms. The standard InChI is InChI=1S/C23H21Cl2NO4S/c1-15(16-7-4-3-5-8-16)31(29,30)21(17-9-6-12-26-14-17)23(2,22(27)28)19-11-10-18(24)13-20(19)25/h3-15,21H,1-2H3,(H,27,28). The lowest BCUT2D eigenvalue weighted by Gasteiger charge is -2.36. The van der Waals surface area contributed by atoms with Gasteiger partial charge in [-0.1, -0.05) is 65.7 Å². The second-order valence-corrected chi connectivity index (χ2v) is 10.6. The maximum Gasteiger partial charge on any atom is 0.315 e. The molecule has 5 nitrogen and oxygen atoms in total. The molecule has 1 N–H and O–H groups in total. The second-order valence-electron chi connectivity index (χ2n) is 7.44. The van der Waals surface area contributed by atoms with Gasteiger partial charge in [-0.25, -0.2) is 8.42 Å². The molecule has 3 atom stereocenters. The van der Waals surface area contributed by atoms with Crippen LogP contribution in [0.2, 0.25) is 10.0 Å². The minimum absolute atomic E-state index is 0.0776. The molecule has 2 aromatic carbocycles. The monoisotopic (exact) mass is 477 g/mol.